The highest BCUT2D eigenvalue weighted by Crippen LogP contribution is 2.29. The molecule has 1 N–H and O–H groups in total. The van der Waals surface area contributed by atoms with Crippen LogP contribution >= 0.6 is 0 Å². The van der Waals surface area contributed by atoms with Crippen LogP contribution in [0.5, 0.6) is 5.75 Å². The van der Waals surface area contributed by atoms with Crippen LogP contribution in [0.25, 0.3) is 0 Å². The molecule has 0 amide bonds. The molecule has 0 radical (unpaired) electrons. The van der Waals surface area contributed by atoms with Crippen molar-refractivity contribution in [3.8, 4) is 5.75 Å². The van der Waals surface area contributed by atoms with Crippen molar-refractivity contribution >= 4 is 10.0 Å². The molecule has 0 saturated carbocycles. The largest absolute Gasteiger partial charge is 0.493 e. The molecule has 0 aliphatic heterocycles. The summed E-state index contributed by atoms with van der Waals surface area (Å²) in [4.78, 5) is 0.132. The number of rotatable bonds is 8. The zero-order valence-corrected chi connectivity index (χ0v) is 17.1. The Hall–Kier alpha value is -1.96. The zero-order valence-electron chi connectivity index (χ0n) is 16.3. The molecule has 5 nitrogen and oxygen atoms in total. The average Bonchev–Trinajstić information content (AvgIpc) is 2.63. The highest BCUT2D eigenvalue weighted by atomic mass is 32.2. The number of nitrogens with one attached hydrogen (secondary N) is 1. The summed E-state index contributed by atoms with van der Waals surface area (Å²) >= 11 is 0. The number of hydrogen-bond donors (Lipinski definition) is 1. The predicted molar refractivity (Wildman–Crippen MR) is 103 cm³/mol. The Morgan fingerprint density at radius 1 is 1.15 bits per heavy atom. The summed E-state index contributed by atoms with van der Waals surface area (Å²) in [6.45, 7) is 7.51. The maximum absolute atomic E-state index is 14.2. The Labute approximate surface area is 160 Å². The van der Waals surface area contributed by atoms with Crippen molar-refractivity contribution in [2.45, 2.75) is 38.2 Å². The molecule has 27 heavy (non-hydrogen) atoms. The van der Waals surface area contributed by atoms with E-state index in [4.69, 9.17) is 9.47 Å². The van der Waals surface area contributed by atoms with Crippen LogP contribution in [0, 0.1) is 19.7 Å². The Morgan fingerprint density at radius 2 is 1.74 bits per heavy atom. The second kappa shape index (κ2) is 8.37. The molecular formula is C20H26FNO4S. The van der Waals surface area contributed by atoms with Crippen LogP contribution in [0.1, 0.15) is 30.5 Å². The lowest BCUT2D eigenvalue weighted by Gasteiger charge is -2.29. The van der Waals surface area contributed by atoms with E-state index in [0.717, 1.165) is 11.1 Å². The minimum Gasteiger partial charge on any atom is -0.493 e. The molecule has 0 heterocycles. The number of methoxy groups -OCH3 is 1. The van der Waals surface area contributed by atoms with Gasteiger partial charge >= 0.3 is 0 Å². The molecule has 1 atom stereocenters. The van der Waals surface area contributed by atoms with Gasteiger partial charge in [-0.25, -0.2) is 17.5 Å². The van der Waals surface area contributed by atoms with Crippen LogP contribution in [-0.4, -0.2) is 28.7 Å². The lowest BCUT2D eigenvalue weighted by molar-refractivity contribution is 0.00410. The molecule has 0 aliphatic carbocycles. The van der Waals surface area contributed by atoms with Gasteiger partial charge in [-0.1, -0.05) is 18.2 Å². The van der Waals surface area contributed by atoms with Crippen molar-refractivity contribution in [3.05, 3.63) is 58.9 Å². The topological polar surface area (TPSA) is 64.6 Å². The third-order valence-electron chi connectivity index (χ3n) is 4.53. The van der Waals surface area contributed by atoms with Gasteiger partial charge in [-0.05, 0) is 57.0 Å². The van der Waals surface area contributed by atoms with Crippen molar-refractivity contribution in [1.29, 1.82) is 0 Å². The number of sulfonamides is 1. The van der Waals surface area contributed by atoms with Crippen LogP contribution < -0.4 is 9.46 Å². The summed E-state index contributed by atoms with van der Waals surface area (Å²) in [6, 6.07) is 9.29. The van der Waals surface area contributed by atoms with Gasteiger partial charge in [0.15, 0.2) is 0 Å². The van der Waals surface area contributed by atoms with Gasteiger partial charge in [0, 0.05) is 19.2 Å². The van der Waals surface area contributed by atoms with Crippen LogP contribution in [0.3, 0.4) is 0 Å². The van der Waals surface area contributed by atoms with Gasteiger partial charge in [0.25, 0.3) is 0 Å². The molecule has 0 aliphatic rings. The molecule has 0 bridgehead atoms. The number of ether oxygens (including phenoxy) is 2. The van der Waals surface area contributed by atoms with Crippen LogP contribution in [-0.2, 0) is 20.4 Å². The van der Waals surface area contributed by atoms with E-state index >= 15 is 0 Å². The fourth-order valence-electron chi connectivity index (χ4n) is 2.92. The first-order chi connectivity index (χ1) is 12.6. The van der Waals surface area contributed by atoms with Gasteiger partial charge in [0.05, 0.1) is 11.5 Å². The van der Waals surface area contributed by atoms with Gasteiger partial charge in [0.2, 0.25) is 10.0 Å². The smallest absolute Gasteiger partial charge is 0.240 e. The fourth-order valence-corrected chi connectivity index (χ4v) is 4.22. The van der Waals surface area contributed by atoms with E-state index < -0.39 is 21.4 Å². The molecule has 0 saturated heterocycles. The number of hydrogen-bond acceptors (Lipinski definition) is 4. The van der Waals surface area contributed by atoms with E-state index in [9.17, 15) is 12.8 Å². The molecule has 2 rings (SSSR count). The van der Waals surface area contributed by atoms with Gasteiger partial charge < -0.3 is 9.47 Å². The van der Waals surface area contributed by atoms with Crippen LogP contribution in [0.4, 0.5) is 4.39 Å². The Morgan fingerprint density at radius 3 is 2.26 bits per heavy atom. The molecule has 0 aromatic heterocycles. The number of halogens is 1. The Kier molecular flexibility index (Phi) is 6.62. The van der Waals surface area contributed by atoms with Crippen LogP contribution in [0.15, 0.2) is 41.3 Å². The highest BCUT2D eigenvalue weighted by molar-refractivity contribution is 7.89. The average molecular weight is 395 g/mol. The first kappa shape index (κ1) is 21.3. The lowest BCUT2D eigenvalue weighted by Crippen LogP contribution is -2.40. The quantitative estimate of drug-likeness (QED) is 0.741. The summed E-state index contributed by atoms with van der Waals surface area (Å²) < 4.78 is 53.3. The maximum Gasteiger partial charge on any atom is 0.240 e. The Bertz CT molecular complexity index is 891. The van der Waals surface area contributed by atoms with E-state index in [0.29, 0.717) is 12.4 Å². The zero-order chi connectivity index (χ0) is 20.2. The first-order valence-corrected chi connectivity index (χ1v) is 10.2. The maximum atomic E-state index is 14.2. The summed E-state index contributed by atoms with van der Waals surface area (Å²) in [7, 11) is -2.39. The monoisotopic (exact) mass is 395 g/mol. The third kappa shape index (κ3) is 4.66. The van der Waals surface area contributed by atoms with E-state index in [1.165, 1.54) is 13.2 Å². The molecule has 1 unspecified atom stereocenters. The van der Waals surface area contributed by atoms with Crippen molar-refractivity contribution in [1.82, 2.24) is 4.72 Å². The van der Waals surface area contributed by atoms with E-state index in [1.54, 1.807) is 51.1 Å². The summed E-state index contributed by atoms with van der Waals surface area (Å²) in [5, 5.41) is 0. The third-order valence-corrected chi connectivity index (χ3v) is 5.91. The van der Waals surface area contributed by atoms with Crippen molar-refractivity contribution in [3.63, 3.8) is 0 Å². The minimum atomic E-state index is -3.81. The summed E-state index contributed by atoms with van der Waals surface area (Å²) in [5.41, 5.74) is 0.615. The molecule has 7 heteroatoms. The second-order valence-corrected chi connectivity index (χ2v) is 8.33. The summed E-state index contributed by atoms with van der Waals surface area (Å²) in [6.07, 6.45) is 0. The molecule has 0 spiro atoms. The van der Waals surface area contributed by atoms with E-state index in [2.05, 4.69) is 4.72 Å². The molecular weight excluding hydrogens is 369 g/mol. The predicted octanol–water partition coefficient (Wildman–Crippen LogP) is 3.68. The number of aryl methyl sites for hydroxylation is 2. The van der Waals surface area contributed by atoms with Crippen LogP contribution in [0.2, 0.25) is 0 Å². The normalized spacial score (nSPS) is 14.0. The first-order valence-electron chi connectivity index (χ1n) is 8.68. The molecule has 0 fully saturated rings. The van der Waals surface area contributed by atoms with Gasteiger partial charge in [-0.2, -0.15) is 0 Å². The lowest BCUT2D eigenvalue weighted by atomic mass is 9.95. The summed E-state index contributed by atoms with van der Waals surface area (Å²) in [5.74, 6) is 0.235. The van der Waals surface area contributed by atoms with Crippen molar-refractivity contribution in [2.75, 3.05) is 20.3 Å². The van der Waals surface area contributed by atoms with E-state index in [1.807, 2.05) is 6.92 Å². The van der Waals surface area contributed by atoms with Crippen molar-refractivity contribution < 1.29 is 22.3 Å². The second-order valence-electron chi connectivity index (χ2n) is 6.56. The van der Waals surface area contributed by atoms with Gasteiger partial charge in [0.1, 0.15) is 17.2 Å². The highest BCUT2D eigenvalue weighted by Gasteiger charge is 2.31. The molecule has 2 aromatic rings. The van der Waals surface area contributed by atoms with Crippen molar-refractivity contribution in [2.24, 2.45) is 0 Å². The van der Waals surface area contributed by atoms with E-state index in [-0.39, 0.29) is 17.0 Å². The fraction of sp³-hybridized carbons (Fsp3) is 0.400. The van der Waals surface area contributed by atoms with Gasteiger partial charge in [-0.3, -0.25) is 0 Å². The molecule has 2 aromatic carbocycles. The Balaban J connectivity index is 2.30. The molecule has 148 valence electrons. The SMILES string of the molecule is CCOc1c(C)cc(S(=O)(=O)NCC(C)(OC)c2ccccc2F)cc1C. The minimum absolute atomic E-state index is 0.113. The number of benzene rings is 2. The standard InChI is InChI=1S/C20H26FNO4S/c1-6-26-19-14(2)11-16(12-15(19)3)27(23,24)22-13-20(4,25-5)17-9-7-8-10-18(17)21/h7-12,22H,6,13H2,1-5H3. The van der Waals surface area contributed by atoms with Gasteiger partial charge in [-0.15, -0.1) is 0 Å².